The van der Waals surface area contributed by atoms with E-state index in [0.29, 0.717) is 40.9 Å². The summed E-state index contributed by atoms with van der Waals surface area (Å²) in [6.45, 7) is 0.160. The first-order valence-electron chi connectivity index (χ1n) is 9.20. The van der Waals surface area contributed by atoms with Gasteiger partial charge in [0.1, 0.15) is 6.54 Å². The highest BCUT2D eigenvalue weighted by Gasteiger charge is 2.31. The van der Waals surface area contributed by atoms with Gasteiger partial charge >= 0.3 is 5.97 Å². The van der Waals surface area contributed by atoms with E-state index in [9.17, 15) is 19.2 Å². The Hall–Kier alpha value is -3.52. The fourth-order valence-corrected chi connectivity index (χ4v) is 3.07. The van der Waals surface area contributed by atoms with Crippen molar-refractivity contribution in [2.24, 2.45) is 5.73 Å². The van der Waals surface area contributed by atoms with Crippen LogP contribution in [-0.4, -0.2) is 49.7 Å². The van der Waals surface area contributed by atoms with Gasteiger partial charge in [0.15, 0.2) is 11.6 Å². The Morgan fingerprint density at radius 2 is 1.62 bits per heavy atom. The molecule has 0 spiro atoms. The largest absolute Gasteiger partial charge is 0.464 e. The standard InChI is InChI=1S/C21H21N3O5/c22-11-17(25)24-12-18(26)29-10-4-9-23-16-8-3-7-15-19(16)21(28)14-6-2-1-5-13(14)20(15)27/h1-3,5-8,23H,4,9-12,22H2,(H,24,25). The number of nitrogens with one attached hydrogen (secondary N) is 2. The summed E-state index contributed by atoms with van der Waals surface area (Å²) in [5.74, 6) is -1.35. The molecule has 8 heteroatoms. The lowest BCUT2D eigenvalue weighted by atomic mass is 9.83. The molecule has 0 aromatic heterocycles. The summed E-state index contributed by atoms with van der Waals surface area (Å²) in [7, 11) is 0. The van der Waals surface area contributed by atoms with Crippen molar-refractivity contribution in [2.75, 3.05) is 31.6 Å². The van der Waals surface area contributed by atoms with Crippen LogP contribution in [0.1, 0.15) is 38.3 Å². The van der Waals surface area contributed by atoms with Gasteiger partial charge in [-0.15, -0.1) is 0 Å². The first kappa shape index (κ1) is 20.2. The lowest BCUT2D eigenvalue weighted by Gasteiger charge is -2.20. The van der Waals surface area contributed by atoms with Crippen molar-refractivity contribution >= 4 is 29.1 Å². The predicted octanol–water partition coefficient (Wildman–Crippen LogP) is 0.882. The van der Waals surface area contributed by atoms with Crippen molar-refractivity contribution in [1.29, 1.82) is 0 Å². The number of benzene rings is 2. The fraction of sp³-hybridized carbons (Fsp3) is 0.238. The van der Waals surface area contributed by atoms with Crippen LogP contribution in [0.15, 0.2) is 42.5 Å². The molecule has 1 amide bonds. The van der Waals surface area contributed by atoms with Gasteiger partial charge in [-0.3, -0.25) is 19.2 Å². The highest BCUT2D eigenvalue weighted by Crippen LogP contribution is 2.31. The molecule has 4 N–H and O–H groups in total. The molecular weight excluding hydrogens is 374 g/mol. The number of anilines is 1. The smallest absolute Gasteiger partial charge is 0.325 e. The third kappa shape index (κ3) is 4.49. The number of fused-ring (bicyclic) bond motifs is 2. The first-order valence-corrected chi connectivity index (χ1v) is 9.20. The van der Waals surface area contributed by atoms with E-state index in [1.165, 1.54) is 0 Å². The van der Waals surface area contributed by atoms with Gasteiger partial charge in [0.05, 0.1) is 18.7 Å². The van der Waals surface area contributed by atoms with Gasteiger partial charge in [-0.25, -0.2) is 0 Å². The summed E-state index contributed by atoms with van der Waals surface area (Å²) in [6.07, 6.45) is 0.485. The lowest BCUT2D eigenvalue weighted by Crippen LogP contribution is -2.35. The third-order valence-electron chi connectivity index (χ3n) is 4.47. The van der Waals surface area contributed by atoms with E-state index in [0.717, 1.165) is 0 Å². The minimum absolute atomic E-state index is 0.148. The summed E-state index contributed by atoms with van der Waals surface area (Å²) in [6, 6.07) is 11.9. The molecule has 8 nitrogen and oxygen atoms in total. The molecule has 0 saturated heterocycles. The normalized spacial score (nSPS) is 12.0. The van der Waals surface area contributed by atoms with Gasteiger partial charge in [-0.05, 0) is 12.5 Å². The summed E-state index contributed by atoms with van der Waals surface area (Å²) < 4.78 is 5.02. The molecule has 0 heterocycles. The number of esters is 1. The number of hydrogen-bond donors (Lipinski definition) is 3. The second kappa shape index (κ2) is 9.11. The Morgan fingerprint density at radius 1 is 0.931 bits per heavy atom. The summed E-state index contributed by atoms with van der Waals surface area (Å²) in [5.41, 5.74) is 7.24. The van der Waals surface area contributed by atoms with E-state index in [2.05, 4.69) is 10.6 Å². The topological polar surface area (TPSA) is 128 Å². The maximum atomic E-state index is 12.9. The quantitative estimate of drug-likeness (QED) is 0.382. The number of ether oxygens (including phenoxy) is 1. The van der Waals surface area contributed by atoms with Crippen molar-refractivity contribution < 1.29 is 23.9 Å². The van der Waals surface area contributed by atoms with E-state index in [4.69, 9.17) is 10.5 Å². The third-order valence-corrected chi connectivity index (χ3v) is 4.47. The van der Waals surface area contributed by atoms with E-state index < -0.39 is 11.9 Å². The van der Waals surface area contributed by atoms with Crippen molar-refractivity contribution in [3.63, 3.8) is 0 Å². The molecule has 0 radical (unpaired) electrons. The van der Waals surface area contributed by atoms with Crippen molar-refractivity contribution in [3.05, 3.63) is 64.7 Å². The molecule has 29 heavy (non-hydrogen) atoms. The summed E-state index contributed by atoms with van der Waals surface area (Å²) in [5, 5.41) is 5.46. The zero-order chi connectivity index (χ0) is 20.8. The fourth-order valence-electron chi connectivity index (χ4n) is 3.07. The molecule has 0 atom stereocenters. The Balaban J connectivity index is 1.57. The van der Waals surface area contributed by atoms with Crippen LogP contribution in [0.25, 0.3) is 0 Å². The van der Waals surface area contributed by atoms with Gasteiger partial charge in [0.2, 0.25) is 5.91 Å². The Morgan fingerprint density at radius 3 is 2.34 bits per heavy atom. The van der Waals surface area contributed by atoms with Gasteiger partial charge in [-0.2, -0.15) is 0 Å². The molecule has 150 valence electrons. The molecule has 2 aromatic rings. The summed E-state index contributed by atoms with van der Waals surface area (Å²) in [4.78, 5) is 48.1. The summed E-state index contributed by atoms with van der Waals surface area (Å²) >= 11 is 0. The van der Waals surface area contributed by atoms with Gasteiger partial charge in [0, 0.05) is 28.9 Å². The molecular formula is C21H21N3O5. The van der Waals surface area contributed by atoms with E-state index >= 15 is 0 Å². The molecule has 0 saturated carbocycles. The van der Waals surface area contributed by atoms with Crippen LogP contribution in [0.3, 0.4) is 0 Å². The maximum Gasteiger partial charge on any atom is 0.325 e. The first-order chi connectivity index (χ1) is 14.0. The minimum Gasteiger partial charge on any atom is -0.464 e. The maximum absolute atomic E-state index is 12.9. The number of carbonyl (C=O) groups is 4. The van der Waals surface area contributed by atoms with Crippen LogP contribution in [-0.2, 0) is 14.3 Å². The molecule has 1 aliphatic carbocycles. The molecule has 0 bridgehead atoms. The van der Waals surface area contributed by atoms with Gasteiger partial charge in [-0.1, -0.05) is 36.4 Å². The predicted molar refractivity (Wildman–Crippen MR) is 106 cm³/mol. The van der Waals surface area contributed by atoms with Gasteiger partial charge < -0.3 is 21.1 Å². The Bertz CT molecular complexity index is 971. The van der Waals surface area contributed by atoms with Crippen LogP contribution < -0.4 is 16.4 Å². The van der Waals surface area contributed by atoms with Crippen molar-refractivity contribution in [1.82, 2.24) is 5.32 Å². The average Bonchev–Trinajstić information content (AvgIpc) is 2.75. The second-order valence-electron chi connectivity index (χ2n) is 6.41. The molecule has 3 rings (SSSR count). The van der Waals surface area contributed by atoms with Crippen molar-refractivity contribution in [2.45, 2.75) is 6.42 Å². The zero-order valence-corrected chi connectivity index (χ0v) is 15.7. The lowest BCUT2D eigenvalue weighted by molar-refractivity contribution is -0.143. The van der Waals surface area contributed by atoms with Gasteiger partial charge in [0.25, 0.3) is 0 Å². The van der Waals surface area contributed by atoms with Crippen LogP contribution in [0.5, 0.6) is 0 Å². The highest BCUT2D eigenvalue weighted by molar-refractivity contribution is 6.30. The Kier molecular flexibility index (Phi) is 6.36. The number of nitrogens with two attached hydrogens (primary N) is 1. The number of hydrogen-bond acceptors (Lipinski definition) is 7. The van der Waals surface area contributed by atoms with Crippen LogP contribution in [0, 0.1) is 0 Å². The van der Waals surface area contributed by atoms with Crippen LogP contribution >= 0.6 is 0 Å². The Labute approximate surface area is 167 Å². The molecule has 0 fully saturated rings. The monoisotopic (exact) mass is 395 g/mol. The minimum atomic E-state index is -0.554. The zero-order valence-electron chi connectivity index (χ0n) is 15.7. The average molecular weight is 395 g/mol. The number of carbonyl (C=O) groups excluding carboxylic acids is 4. The van der Waals surface area contributed by atoms with Crippen LogP contribution in [0.2, 0.25) is 0 Å². The van der Waals surface area contributed by atoms with E-state index in [1.54, 1.807) is 42.5 Å². The van der Waals surface area contributed by atoms with E-state index in [1.807, 2.05) is 0 Å². The SMILES string of the molecule is NCC(=O)NCC(=O)OCCCNc1cccc2c1C(=O)c1ccccc1C2=O. The number of rotatable bonds is 8. The second-order valence-corrected chi connectivity index (χ2v) is 6.41. The highest BCUT2D eigenvalue weighted by atomic mass is 16.5. The number of amides is 1. The molecule has 0 aliphatic heterocycles. The molecule has 1 aliphatic rings. The molecule has 2 aromatic carbocycles. The van der Waals surface area contributed by atoms with Crippen molar-refractivity contribution in [3.8, 4) is 0 Å². The van der Waals surface area contributed by atoms with E-state index in [-0.39, 0.29) is 31.3 Å². The molecule has 0 unspecified atom stereocenters. The number of ketones is 2. The van der Waals surface area contributed by atoms with Crippen LogP contribution in [0.4, 0.5) is 5.69 Å².